The largest absolute Gasteiger partial charge is 0.368 e. The van der Waals surface area contributed by atoms with Gasteiger partial charge in [-0.1, -0.05) is 42.1 Å². The molecule has 2 aromatic heterocycles. The van der Waals surface area contributed by atoms with E-state index in [0.717, 1.165) is 48.5 Å². The van der Waals surface area contributed by atoms with E-state index in [9.17, 15) is 4.79 Å². The number of amides is 1. The second kappa shape index (κ2) is 10.6. The van der Waals surface area contributed by atoms with Gasteiger partial charge in [0.25, 0.3) is 0 Å². The summed E-state index contributed by atoms with van der Waals surface area (Å²) in [5.41, 5.74) is 5.85. The average molecular weight is 501 g/mol. The summed E-state index contributed by atoms with van der Waals surface area (Å²) in [4.78, 5) is 17.4. The molecule has 7 nitrogen and oxygen atoms in total. The van der Waals surface area contributed by atoms with E-state index in [1.54, 1.807) is 0 Å². The van der Waals surface area contributed by atoms with Crippen molar-refractivity contribution in [2.45, 2.75) is 25.4 Å². The topological polar surface area (TPSA) is 59.2 Å². The van der Waals surface area contributed by atoms with Crippen LogP contribution in [-0.2, 0) is 18.3 Å². The van der Waals surface area contributed by atoms with Crippen molar-refractivity contribution in [2.24, 2.45) is 7.05 Å². The smallest absolute Gasteiger partial charge is 0.233 e. The van der Waals surface area contributed by atoms with Crippen molar-refractivity contribution in [1.29, 1.82) is 0 Å². The molecule has 0 bridgehead atoms. The first kappa shape index (κ1) is 24.2. The monoisotopic (exact) mass is 500 g/mol. The Morgan fingerprint density at radius 3 is 2.42 bits per heavy atom. The lowest BCUT2D eigenvalue weighted by Gasteiger charge is -2.36. The molecule has 8 heteroatoms. The molecule has 0 atom stereocenters. The molecule has 1 amide bonds. The molecule has 0 N–H and O–H groups in total. The zero-order valence-corrected chi connectivity index (χ0v) is 21.9. The normalized spacial score (nSPS) is 13.9. The van der Waals surface area contributed by atoms with E-state index in [1.165, 1.54) is 28.6 Å². The molecule has 1 aliphatic heterocycles. The Balaban J connectivity index is 1.31. The molecule has 4 aromatic rings. The Morgan fingerprint density at radius 1 is 0.917 bits per heavy atom. The summed E-state index contributed by atoms with van der Waals surface area (Å²) in [6.45, 7) is 7.40. The summed E-state index contributed by atoms with van der Waals surface area (Å²) in [7, 11) is 2.04. The highest BCUT2D eigenvalue weighted by Crippen LogP contribution is 2.27. The number of aryl methyl sites for hydroxylation is 2. The lowest BCUT2D eigenvalue weighted by atomic mass is 10.1. The number of piperazine rings is 1. The maximum Gasteiger partial charge on any atom is 0.233 e. The van der Waals surface area contributed by atoms with E-state index >= 15 is 0 Å². The minimum atomic E-state index is 0.146. The van der Waals surface area contributed by atoms with E-state index in [2.05, 4.69) is 86.6 Å². The highest BCUT2D eigenvalue weighted by molar-refractivity contribution is 7.99. The predicted octanol–water partition coefficient (Wildman–Crippen LogP) is 4.25. The summed E-state index contributed by atoms with van der Waals surface area (Å²) < 4.78 is 4.23. The number of para-hydroxylation sites is 1. The highest BCUT2D eigenvalue weighted by Gasteiger charge is 2.23. The quantitative estimate of drug-likeness (QED) is 0.355. The standard InChI is InChI=1S/C28H32N6OS/c1-21-9-7-13-25(22(21)2)34-26(19-24-12-8-14-31(24)3)29-30-28(34)36-20-27(35)33-17-15-32(16-18-33)23-10-5-4-6-11-23/h4-14H,15-20H2,1-3H3. The second-order valence-corrected chi connectivity index (χ2v) is 10.2. The molecule has 186 valence electrons. The van der Waals surface area contributed by atoms with Gasteiger partial charge in [-0.3, -0.25) is 9.36 Å². The Labute approximate surface area is 216 Å². The van der Waals surface area contributed by atoms with Gasteiger partial charge < -0.3 is 14.4 Å². The first-order valence-corrected chi connectivity index (χ1v) is 13.3. The fourth-order valence-corrected chi connectivity index (χ4v) is 5.51. The van der Waals surface area contributed by atoms with Gasteiger partial charge >= 0.3 is 0 Å². The number of hydrogen-bond donors (Lipinski definition) is 0. The molecule has 2 aromatic carbocycles. The SMILES string of the molecule is Cc1cccc(-n2c(Cc3cccn3C)nnc2SCC(=O)N2CCN(c3ccccc3)CC2)c1C. The number of nitrogens with zero attached hydrogens (tertiary/aromatic N) is 6. The van der Waals surface area contributed by atoms with Crippen LogP contribution in [0.15, 0.2) is 72.0 Å². The van der Waals surface area contributed by atoms with Crippen LogP contribution < -0.4 is 4.90 Å². The summed E-state index contributed by atoms with van der Waals surface area (Å²) in [5.74, 6) is 1.36. The Kier molecular flexibility index (Phi) is 7.13. The number of benzene rings is 2. The van der Waals surface area contributed by atoms with Crippen molar-refractivity contribution < 1.29 is 4.79 Å². The number of anilines is 1. The van der Waals surface area contributed by atoms with Crippen LogP contribution in [-0.4, -0.2) is 62.1 Å². The van der Waals surface area contributed by atoms with E-state index in [4.69, 9.17) is 0 Å². The van der Waals surface area contributed by atoms with E-state index in [0.29, 0.717) is 12.2 Å². The van der Waals surface area contributed by atoms with Gasteiger partial charge in [0.15, 0.2) is 5.16 Å². The molecule has 3 heterocycles. The summed E-state index contributed by atoms with van der Waals surface area (Å²) >= 11 is 1.47. The van der Waals surface area contributed by atoms with Crippen LogP contribution in [0.4, 0.5) is 5.69 Å². The van der Waals surface area contributed by atoms with Gasteiger partial charge in [-0.2, -0.15) is 0 Å². The summed E-state index contributed by atoms with van der Waals surface area (Å²) in [6, 6.07) is 20.8. The van der Waals surface area contributed by atoms with Crippen LogP contribution >= 0.6 is 11.8 Å². The third-order valence-corrected chi connectivity index (χ3v) is 7.90. The summed E-state index contributed by atoms with van der Waals surface area (Å²) in [5, 5.41) is 9.84. The number of carbonyl (C=O) groups excluding carboxylic acids is 1. The van der Waals surface area contributed by atoms with Gasteiger partial charge in [-0.25, -0.2) is 0 Å². The van der Waals surface area contributed by atoms with Gasteiger partial charge in [0, 0.05) is 57.2 Å². The molecule has 5 rings (SSSR count). The molecule has 0 spiro atoms. The van der Waals surface area contributed by atoms with Gasteiger partial charge in [0.1, 0.15) is 5.82 Å². The molecular weight excluding hydrogens is 468 g/mol. The van der Waals surface area contributed by atoms with Crippen molar-refractivity contribution in [3.05, 3.63) is 89.5 Å². The zero-order valence-electron chi connectivity index (χ0n) is 21.1. The first-order valence-electron chi connectivity index (χ1n) is 12.3. The minimum Gasteiger partial charge on any atom is -0.368 e. The molecule has 1 aliphatic rings. The van der Waals surface area contributed by atoms with Crippen LogP contribution in [0.25, 0.3) is 5.69 Å². The predicted molar refractivity (Wildman–Crippen MR) is 145 cm³/mol. The van der Waals surface area contributed by atoms with Crippen molar-refractivity contribution in [2.75, 3.05) is 36.8 Å². The fourth-order valence-electron chi connectivity index (χ4n) is 4.64. The van der Waals surface area contributed by atoms with Crippen LogP contribution in [0, 0.1) is 13.8 Å². The molecule has 0 radical (unpaired) electrons. The van der Waals surface area contributed by atoms with Gasteiger partial charge in [0.2, 0.25) is 5.91 Å². The van der Waals surface area contributed by atoms with Crippen molar-refractivity contribution >= 4 is 23.4 Å². The molecule has 0 aliphatic carbocycles. The Morgan fingerprint density at radius 2 is 1.69 bits per heavy atom. The van der Waals surface area contributed by atoms with Crippen molar-refractivity contribution in [3.8, 4) is 5.69 Å². The third-order valence-electron chi connectivity index (χ3n) is 6.99. The van der Waals surface area contributed by atoms with Gasteiger partial charge in [0.05, 0.1) is 11.4 Å². The maximum atomic E-state index is 13.1. The van der Waals surface area contributed by atoms with Crippen LogP contribution in [0.5, 0.6) is 0 Å². The summed E-state index contributed by atoms with van der Waals surface area (Å²) in [6.07, 6.45) is 2.71. The van der Waals surface area contributed by atoms with Gasteiger partial charge in [-0.15, -0.1) is 10.2 Å². The maximum absolute atomic E-state index is 13.1. The van der Waals surface area contributed by atoms with E-state index < -0.39 is 0 Å². The molecule has 36 heavy (non-hydrogen) atoms. The van der Waals surface area contributed by atoms with E-state index in [-0.39, 0.29) is 5.91 Å². The van der Waals surface area contributed by atoms with Crippen LogP contribution in [0.2, 0.25) is 0 Å². The molecular formula is C28H32N6OS. The molecule has 1 fully saturated rings. The lowest BCUT2D eigenvalue weighted by Crippen LogP contribution is -2.49. The molecule has 0 unspecified atom stereocenters. The van der Waals surface area contributed by atoms with Crippen LogP contribution in [0.1, 0.15) is 22.6 Å². The Bertz CT molecular complexity index is 1340. The van der Waals surface area contributed by atoms with Crippen molar-refractivity contribution in [1.82, 2.24) is 24.2 Å². The van der Waals surface area contributed by atoms with E-state index in [1.807, 2.05) is 30.3 Å². The second-order valence-electron chi connectivity index (χ2n) is 9.23. The molecule has 1 saturated heterocycles. The van der Waals surface area contributed by atoms with Gasteiger partial charge in [-0.05, 0) is 55.3 Å². The number of aromatic nitrogens is 4. The number of carbonyl (C=O) groups is 1. The van der Waals surface area contributed by atoms with Crippen molar-refractivity contribution in [3.63, 3.8) is 0 Å². The number of hydrogen-bond acceptors (Lipinski definition) is 5. The molecule has 0 saturated carbocycles. The minimum absolute atomic E-state index is 0.146. The number of rotatable bonds is 7. The van der Waals surface area contributed by atoms with Crippen LogP contribution in [0.3, 0.4) is 0 Å². The number of thioether (sulfide) groups is 1. The first-order chi connectivity index (χ1) is 17.5. The highest BCUT2D eigenvalue weighted by atomic mass is 32.2. The Hall–Kier alpha value is -3.52. The third kappa shape index (κ3) is 5.04. The fraction of sp³-hybridized carbons (Fsp3) is 0.321. The zero-order chi connectivity index (χ0) is 25.1. The lowest BCUT2D eigenvalue weighted by molar-refractivity contribution is -0.128. The average Bonchev–Trinajstić information content (AvgIpc) is 3.50.